The molecule has 1 heterocycles. The standard InChI is InChI=1S/C10H12ClNO2/c1-6(11)8-4-5-9(14-8)10(13)12-7-2-3-7/h4-7H,2-3H2,1H3,(H,12,13). The summed E-state index contributed by atoms with van der Waals surface area (Å²) in [7, 11) is 0. The van der Waals surface area contributed by atoms with Crippen LogP contribution in [-0.2, 0) is 0 Å². The Hall–Kier alpha value is -0.960. The van der Waals surface area contributed by atoms with Gasteiger partial charge in [-0.15, -0.1) is 11.6 Å². The molecule has 1 N–H and O–H groups in total. The fourth-order valence-corrected chi connectivity index (χ4v) is 1.29. The number of nitrogens with one attached hydrogen (secondary N) is 1. The average molecular weight is 214 g/mol. The molecule has 1 aliphatic rings. The Morgan fingerprint density at radius 1 is 1.64 bits per heavy atom. The summed E-state index contributed by atoms with van der Waals surface area (Å²) in [5.41, 5.74) is 0. The highest BCUT2D eigenvalue weighted by atomic mass is 35.5. The highest BCUT2D eigenvalue weighted by Crippen LogP contribution is 2.23. The molecule has 1 aliphatic carbocycles. The van der Waals surface area contributed by atoms with Crippen LogP contribution in [0.2, 0.25) is 0 Å². The predicted octanol–water partition coefficient (Wildman–Crippen LogP) is 2.47. The van der Waals surface area contributed by atoms with Gasteiger partial charge < -0.3 is 9.73 Å². The zero-order valence-corrected chi connectivity index (χ0v) is 8.67. The first-order valence-corrected chi connectivity index (χ1v) is 5.15. The summed E-state index contributed by atoms with van der Waals surface area (Å²) < 4.78 is 5.29. The number of carbonyl (C=O) groups excluding carboxylic acids is 1. The van der Waals surface area contributed by atoms with Crippen LogP contribution in [0.4, 0.5) is 0 Å². The Balaban J connectivity index is 2.03. The largest absolute Gasteiger partial charge is 0.454 e. The van der Waals surface area contributed by atoms with E-state index in [4.69, 9.17) is 16.0 Å². The van der Waals surface area contributed by atoms with E-state index < -0.39 is 0 Å². The monoisotopic (exact) mass is 213 g/mol. The minimum atomic E-state index is -0.197. The number of halogens is 1. The molecule has 4 heteroatoms. The van der Waals surface area contributed by atoms with Gasteiger partial charge in [-0.3, -0.25) is 4.79 Å². The molecule has 3 nitrogen and oxygen atoms in total. The number of hydrogen-bond donors (Lipinski definition) is 1. The lowest BCUT2D eigenvalue weighted by Gasteiger charge is -1.99. The molecule has 0 spiro atoms. The van der Waals surface area contributed by atoms with Crippen molar-refractivity contribution in [2.75, 3.05) is 0 Å². The molecule has 0 aromatic carbocycles. The third-order valence-electron chi connectivity index (χ3n) is 2.16. The molecule has 1 fully saturated rings. The molecule has 0 aliphatic heterocycles. The van der Waals surface area contributed by atoms with Crippen molar-refractivity contribution in [3.05, 3.63) is 23.7 Å². The normalized spacial score (nSPS) is 17.9. The second kappa shape index (κ2) is 3.65. The van der Waals surface area contributed by atoms with E-state index in [9.17, 15) is 4.79 Å². The van der Waals surface area contributed by atoms with Crippen LogP contribution in [0, 0.1) is 0 Å². The van der Waals surface area contributed by atoms with Gasteiger partial charge in [-0.1, -0.05) is 0 Å². The average Bonchev–Trinajstić information content (AvgIpc) is 2.81. The van der Waals surface area contributed by atoms with Crippen LogP contribution in [0.25, 0.3) is 0 Å². The van der Waals surface area contributed by atoms with Gasteiger partial charge in [-0.25, -0.2) is 0 Å². The fourth-order valence-electron chi connectivity index (χ4n) is 1.17. The van der Waals surface area contributed by atoms with Gasteiger partial charge in [0.2, 0.25) is 0 Å². The zero-order valence-electron chi connectivity index (χ0n) is 7.92. The van der Waals surface area contributed by atoms with Crippen LogP contribution in [-0.4, -0.2) is 11.9 Å². The van der Waals surface area contributed by atoms with E-state index in [1.165, 1.54) is 0 Å². The molecule has 76 valence electrons. The molecule has 1 unspecified atom stereocenters. The Kier molecular flexibility index (Phi) is 2.50. The lowest BCUT2D eigenvalue weighted by Crippen LogP contribution is -2.24. The Morgan fingerprint density at radius 3 is 2.86 bits per heavy atom. The van der Waals surface area contributed by atoms with Crippen molar-refractivity contribution in [1.29, 1.82) is 0 Å². The number of amides is 1. The number of hydrogen-bond acceptors (Lipinski definition) is 2. The van der Waals surface area contributed by atoms with E-state index in [1.54, 1.807) is 12.1 Å². The molecule has 1 atom stereocenters. The Morgan fingerprint density at radius 2 is 2.36 bits per heavy atom. The van der Waals surface area contributed by atoms with Crippen LogP contribution in [0.5, 0.6) is 0 Å². The Bertz CT molecular complexity index is 342. The van der Waals surface area contributed by atoms with Crippen LogP contribution in [0.15, 0.2) is 16.5 Å². The van der Waals surface area contributed by atoms with E-state index >= 15 is 0 Å². The van der Waals surface area contributed by atoms with E-state index in [1.807, 2.05) is 6.92 Å². The second-order valence-electron chi connectivity index (χ2n) is 3.57. The summed E-state index contributed by atoms with van der Waals surface area (Å²) in [5, 5.41) is 2.65. The summed E-state index contributed by atoms with van der Waals surface area (Å²) >= 11 is 5.81. The van der Waals surface area contributed by atoms with Gasteiger partial charge in [0.25, 0.3) is 5.91 Å². The van der Waals surface area contributed by atoms with Crippen molar-refractivity contribution in [2.24, 2.45) is 0 Å². The van der Waals surface area contributed by atoms with Gasteiger partial charge >= 0.3 is 0 Å². The van der Waals surface area contributed by atoms with Crippen LogP contribution >= 0.6 is 11.6 Å². The maximum Gasteiger partial charge on any atom is 0.287 e. The molecule has 0 saturated heterocycles. The molecular weight excluding hydrogens is 202 g/mol. The van der Waals surface area contributed by atoms with E-state index in [0.29, 0.717) is 17.6 Å². The molecule has 1 aromatic rings. The molecule has 0 radical (unpaired) electrons. The predicted molar refractivity (Wildman–Crippen MR) is 53.5 cm³/mol. The van der Waals surface area contributed by atoms with Crippen LogP contribution in [0.3, 0.4) is 0 Å². The van der Waals surface area contributed by atoms with Gasteiger partial charge in [0, 0.05) is 6.04 Å². The van der Waals surface area contributed by atoms with E-state index in [0.717, 1.165) is 12.8 Å². The third kappa shape index (κ3) is 2.10. The van der Waals surface area contributed by atoms with Crippen LogP contribution < -0.4 is 5.32 Å². The van der Waals surface area contributed by atoms with Crippen molar-refractivity contribution in [2.45, 2.75) is 31.2 Å². The van der Waals surface area contributed by atoms with Gasteiger partial charge in [-0.2, -0.15) is 0 Å². The maximum atomic E-state index is 11.5. The summed E-state index contributed by atoms with van der Waals surface area (Å²) in [6.45, 7) is 1.81. The van der Waals surface area contributed by atoms with Crippen LogP contribution in [0.1, 0.15) is 41.5 Å². The van der Waals surface area contributed by atoms with E-state index in [2.05, 4.69) is 5.32 Å². The lowest BCUT2D eigenvalue weighted by atomic mass is 10.3. The smallest absolute Gasteiger partial charge is 0.287 e. The summed E-state index contributed by atoms with van der Waals surface area (Å²) in [4.78, 5) is 11.5. The SMILES string of the molecule is CC(Cl)c1ccc(C(=O)NC2CC2)o1. The Labute approximate surface area is 87.4 Å². The zero-order chi connectivity index (χ0) is 10.1. The first-order valence-electron chi connectivity index (χ1n) is 4.71. The van der Waals surface area contributed by atoms with Crippen molar-refractivity contribution in [3.63, 3.8) is 0 Å². The summed E-state index contributed by atoms with van der Waals surface area (Å²) in [5.74, 6) is 0.836. The number of furan rings is 1. The fraction of sp³-hybridized carbons (Fsp3) is 0.500. The highest BCUT2D eigenvalue weighted by Gasteiger charge is 2.25. The number of rotatable bonds is 3. The summed E-state index contributed by atoms with van der Waals surface area (Å²) in [6.07, 6.45) is 2.15. The van der Waals surface area contributed by atoms with Crippen molar-refractivity contribution in [1.82, 2.24) is 5.32 Å². The molecule has 0 bridgehead atoms. The first-order chi connectivity index (χ1) is 6.66. The second-order valence-corrected chi connectivity index (χ2v) is 4.22. The first kappa shape index (κ1) is 9.59. The molecule has 14 heavy (non-hydrogen) atoms. The highest BCUT2D eigenvalue weighted by molar-refractivity contribution is 6.20. The minimum absolute atomic E-state index is 0.143. The van der Waals surface area contributed by atoms with Gasteiger partial charge in [0.05, 0.1) is 5.38 Å². The number of alkyl halides is 1. The van der Waals surface area contributed by atoms with Crippen molar-refractivity contribution < 1.29 is 9.21 Å². The quantitative estimate of drug-likeness (QED) is 0.784. The molecule has 1 amide bonds. The molecule has 1 saturated carbocycles. The van der Waals surface area contributed by atoms with Crippen molar-refractivity contribution in [3.8, 4) is 0 Å². The van der Waals surface area contributed by atoms with Gasteiger partial charge in [-0.05, 0) is 31.9 Å². The van der Waals surface area contributed by atoms with Gasteiger partial charge in [0.15, 0.2) is 5.76 Å². The number of carbonyl (C=O) groups is 1. The molecular formula is C10H12ClNO2. The molecule has 2 rings (SSSR count). The van der Waals surface area contributed by atoms with Crippen molar-refractivity contribution >= 4 is 17.5 Å². The summed E-state index contributed by atoms with van der Waals surface area (Å²) in [6, 6.07) is 3.75. The molecule has 1 aromatic heterocycles. The topological polar surface area (TPSA) is 42.2 Å². The minimum Gasteiger partial charge on any atom is -0.454 e. The van der Waals surface area contributed by atoms with E-state index in [-0.39, 0.29) is 11.3 Å². The lowest BCUT2D eigenvalue weighted by molar-refractivity contribution is 0.0921. The maximum absolute atomic E-state index is 11.5. The van der Waals surface area contributed by atoms with Gasteiger partial charge in [0.1, 0.15) is 5.76 Å². The third-order valence-corrected chi connectivity index (χ3v) is 2.37.